The number of fused-ring (bicyclic) bond motifs is 1. The smallest absolute Gasteiger partial charge is 0.257 e. The van der Waals surface area contributed by atoms with Crippen LogP contribution >= 0.6 is 11.8 Å². The standard InChI is InChI=1S/C20H26N2O3S/c1-13-3-5-14(6-4-13)11-18-20(24)22-16-12-15(7-8-17(16)26-18)19(23)21-9-10-25-2/h3-6,11,15-17H,7-10,12H2,1-2H3,(H,21,23)(H,22,24)/b18-11+. The van der Waals surface area contributed by atoms with Crippen molar-refractivity contribution in [2.24, 2.45) is 5.92 Å². The first-order chi connectivity index (χ1) is 12.6. The van der Waals surface area contributed by atoms with Gasteiger partial charge in [0.25, 0.3) is 5.91 Å². The molecule has 3 unspecified atom stereocenters. The van der Waals surface area contributed by atoms with Crippen molar-refractivity contribution in [3.05, 3.63) is 40.3 Å². The van der Waals surface area contributed by atoms with Crippen molar-refractivity contribution in [1.82, 2.24) is 10.6 Å². The molecule has 0 bridgehead atoms. The molecule has 1 saturated carbocycles. The van der Waals surface area contributed by atoms with E-state index in [9.17, 15) is 9.59 Å². The Bertz CT molecular complexity index is 687. The lowest BCUT2D eigenvalue weighted by Crippen LogP contribution is -2.51. The number of amides is 2. The molecule has 2 aliphatic rings. The molecule has 140 valence electrons. The van der Waals surface area contributed by atoms with E-state index in [1.54, 1.807) is 18.9 Å². The van der Waals surface area contributed by atoms with Gasteiger partial charge in [0.05, 0.1) is 11.5 Å². The first-order valence-electron chi connectivity index (χ1n) is 9.09. The first kappa shape index (κ1) is 19.0. The van der Waals surface area contributed by atoms with Crippen molar-refractivity contribution in [3.8, 4) is 0 Å². The molecule has 1 aliphatic heterocycles. The molecular formula is C20H26N2O3S. The number of carbonyl (C=O) groups excluding carboxylic acids is 2. The molecule has 0 radical (unpaired) electrons. The van der Waals surface area contributed by atoms with Crippen molar-refractivity contribution in [1.29, 1.82) is 0 Å². The molecule has 0 spiro atoms. The predicted molar refractivity (Wildman–Crippen MR) is 105 cm³/mol. The summed E-state index contributed by atoms with van der Waals surface area (Å²) in [4.78, 5) is 25.5. The topological polar surface area (TPSA) is 67.4 Å². The lowest BCUT2D eigenvalue weighted by molar-refractivity contribution is -0.127. The number of carbonyl (C=O) groups is 2. The van der Waals surface area contributed by atoms with Crippen LogP contribution in [-0.4, -0.2) is 43.4 Å². The highest BCUT2D eigenvalue weighted by molar-refractivity contribution is 8.04. The second kappa shape index (κ2) is 8.73. The second-order valence-corrected chi connectivity index (χ2v) is 8.23. The Morgan fingerprint density at radius 2 is 2.12 bits per heavy atom. The van der Waals surface area contributed by atoms with Crippen molar-refractivity contribution in [2.75, 3.05) is 20.3 Å². The van der Waals surface area contributed by atoms with Crippen LogP contribution in [0.4, 0.5) is 0 Å². The van der Waals surface area contributed by atoms with Crippen molar-refractivity contribution >= 4 is 29.7 Å². The molecule has 1 aliphatic carbocycles. The third-order valence-electron chi connectivity index (χ3n) is 4.96. The summed E-state index contributed by atoms with van der Waals surface area (Å²) in [6.07, 6.45) is 4.46. The van der Waals surface area contributed by atoms with Gasteiger partial charge in [-0.3, -0.25) is 9.59 Å². The monoisotopic (exact) mass is 374 g/mol. The molecule has 0 aromatic heterocycles. The summed E-state index contributed by atoms with van der Waals surface area (Å²) in [6, 6.07) is 8.23. The number of ether oxygens (including phenoxy) is 1. The average molecular weight is 375 g/mol. The normalized spacial score (nSPS) is 26.9. The van der Waals surface area contributed by atoms with Crippen LogP contribution in [0.1, 0.15) is 30.4 Å². The summed E-state index contributed by atoms with van der Waals surface area (Å²) < 4.78 is 4.97. The number of rotatable bonds is 5. The summed E-state index contributed by atoms with van der Waals surface area (Å²) in [5.74, 6) is 0.00893. The number of methoxy groups -OCH3 is 1. The van der Waals surface area contributed by atoms with E-state index in [1.165, 1.54) is 5.56 Å². The van der Waals surface area contributed by atoms with Crippen molar-refractivity contribution in [3.63, 3.8) is 0 Å². The van der Waals surface area contributed by atoms with Crippen molar-refractivity contribution in [2.45, 2.75) is 37.5 Å². The highest BCUT2D eigenvalue weighted by Crippen LogP contribution is 2.39. The molecule has 1 saturated heterocycles. The summed E-state index contributed by atoms with van der Waals surface area (Å²) >= 11 is 1.66. The molecule has 1 aromatic carbocycles. The Morgan fingerprint density at radius 3 is 2.85 bits per heavy atom. The molecule has 2 fully saturated rings. The highest BCUT2D eigenvalue weighted by atomic mass is 32.2. The molecule has 3 atom stereocenters. The molecule has 26 heavy (non-hydrogen) atoms. The van der Waals surface area contributed by atoms with Gasteiger partial charge in [0.1, 0.15) is 0 Å². The van der Waals surface area contributed by atoms with Crippen LogP contribution in [0.25, 0.3) is 6.08 Å². The Labute approximate surface area is 158 Å². The van der Waals surface area contributed by atoms with E-state index in [1.807, 2.05) is 37.3 Å². The molecular weight excluding hydrogens is 348 g/mol. The quantitative estimate of drug-likeness (QED) is 0.614. The fraction of sp³-hybridized carbons (Fsp3) is 0.500. The van der Waals surface area contributed by atoms with Gasteiger partial charge in [-0.05, 0) is 37.8 Å². The Kier molecular flexibility index (Phi) is 6.38. The number of aryl methyl sites for hydroxylation is 1. The maximum atomic E-state index is 12.5. The predicted octanol–water partition coefficient (Wildman–Crippen LogP) is 2.50. The van der Waals surface area contributed by atoms with Crippen LogP contribution in [0.2, 0.25) is 0 Å². The van der Waals surface area contributed by atoms with E-state index in [-0.39, 0.29) is 23.8 Å². The molecule has 5 nitrogen and oxygen atoms in total. The van der Waals surface area contributed by atoms with Gasteiger partial charge < -0.3 is 15.4 Å². The lowest BCUT2D eigenvalue weighted by atomic mass is 9.84. The Balaban J connectivity index is 1.60. The van der Waals surface area contributed by atoms with Crippen LogP contribution in [0.3, 0.4) is 0 Å². The third-order valence-corrected chi connectivity index (χ3v) is 6.38. The minimum atomic E-state index is -0.0309. The van der Waals surface area contributed by atoms with Gasteiger partial charge in [0, 0.05) is 30.9 Å². The van der Waals surface area contributed by atoms with Crippen LogP contribution in [0.5, 0.6) is 0 Å². The molecule has 2 amide bonds. The summed E-state index contributed by atoms with van der Waals surface area (Å²) in [5.41, 5.74) is 2.24. The fourth-order valence-corrected chi connectivity index (χ4v) is 4.76. The SMILES string of the molecule is COCCNC(=O)C1CCC2S/C(=C/c3ccc(C)cc3)C(=O)NC2C1. The molecule has 3 rings (SSSR count). The average Bonchev–Trinajstić information content (AvgIpc) is 2.64. The van der Waals surface area contributed by atoms with E-state index in [0.29, 0.717) is 24.8 Å². The van der Waals surface area contributed by atoms with E-state index in [4.69, 9.17) is 4.74 Å². The van der Waals surface area contributed by atoms with Gasteiger partial charge >= 0.3 is 0 Å². The largest absolute Gasteiger partial charge is 0.383 e. The molecule has 6 heteroatoms. The van der Waals surface area contributed by atoms with Gasteiger partial charge in [-0.2, -0.15) is 0 Å². The fourth-order valence-electron chi connectivity index (χ4n) is 3.46. The highest BCUT2D eigenvalue weighted by Gasteiger charge is 2.39. The van der Waals surface area contributed by atoms with Gasteiger partial charge in [0.2, 0.25) is 5.91 Å². The van der Waals surface area contributed by atoms with E-state index in [2.05, 4.69) is 10.6 Å². The molecule has 1 aromatic rings. The van der Waals surface area contributed by atoms with Crippen LogP contribution < -0.4 is 10.6 Å². The summed E-state index contributed by atoms with van der Waals surface area (Å²) in [6.45, 7) is 3.10. The number of thioether (sulfide) groups is 1. The van der Waals surface area contributed by atoms with Crippen LogP contribution in [0, 0.1) is 12.8 Å². The van der Waals surface area contributed by atoms with E-state index < -0.39 is 0 Å². The zero-order valence-corrected chi connectivity index (χ0v) is 16.1. The van der Waals surface area contributed by atoms with E-state index in [0.717, 1.165) is 23.3 Å². The number of hydrogen-bond donors (Lipinski definition) is 2. The Morgan fingerprint density at radius 1 is 1.35 bits per heavy atom. The first-order valence-corrected chi connectivity index (χ1v) is 9.97. The maximum absolute atomic E-state index is 12.5. The second-order valence-electron chi connectivity index (χ2n) is 6.95. The Hall–Kier alpha value is -1.79. The van der Waals surface area contributed by atoms with Crippen molar-refractivity contribution < 1.29 is 14.3 Å². The number of hydrogen-bond acceptors (Lipinski definition) is 4. The van der Waals surface area contributed by atoms with Crippen LogP contribution in [0.15, 0.2) is 29.2 Å². The molecule has 2 N–H and O–H groups in total. The van der Waals surface area contributed by atoms with Gasteiger partial charge in [-0.1, -0.05) is 29.8 Å². The lowest BCUT2D eigenvalue weighted by Gasteiger charge is -2.39. The zero-order valence-electron chi connectivity index (χ0n) is 15.3. The minimum absolute atomic E-state index is 0.0303. The van der Waals surface area contributed by atoms with Crippen LogP contribution in [-0.2, 0) is 14.3 Å². The van der Waals surface area contributed by atoms with Gasteiger partial charge in [0.15, 0.2) is 0 Å². The summed E-state index contributed by atoms with van der Waals surface area (Å²) in [5, 5.41) is 6.37. The summed E-state index contributed by atoms with van der Waals surface area (Å²) in [7, 11) is 1.62. The van der Waals surface area contributed by atoms with Gasteiger partial charge in [-0.15, -0.1) is 11.8 Å². The van der Waals surface area contributed by atoms with E-state index >= 15 is 0 Å². The minimum Gasteiger partial charge on any atom is -0.383 e. The maximum Gasteiger partial charge on any atom is 0.257 e. The van der Waals surface area contributed by atoms with Gasteiger partial charge in [-0.25, -0.2) is 0 Å². The zero-order chi connectivity index (χ0) is 18.5. The number of nitrogens with one attached hydrogen (secondary N) is 2. The third kappa shape index (κ3) is 4.68. The molecule has 1 heterocycles. The number of benzene rings is 1.